The second-order valence-corrected chi connectivity index (χ2v) is 4.88. The fourth-order valence-corrected chi connectivity index (χ4v) is 2.92. The summed E-state index contributed by atoms with van der Waals surface area (Å²) < 4.78 is 1.63. The smallest absolute Gasteiger partial charge is 1.00 e. The standard InChI is InChI=1S/C10H15.2ClH.Zr/c1-4-9-5-6-10(7-9)8(2)3;;;/h5,7-8,10H,4H2,1-3H3;2*1H;/q;;;+2/p-2. The van der Waals surface area contributed by atoms with Crippen LogP contribution in [0.2, 0.25) is 0 Å². The Morgan fingerprint density at radius 1 is 1.38 bits per heavy atom. The van der Waals surface area contributed by atoms with Crippen LogP contribution in [0, 0.1) is 11.8 Å². The monoisotopic (exact) mass is 295 g/mol. The second kappa shape index (κ2) is 7.26. The molecular weight excluding hydrogens is 282 g/mol. The van der Waals surface area contributed by atoms with Gasteiger partial charge in [-0.05, 0) is 0 Å². The second-order valence-electron chi connectivity index (χ2n) is 3.46. The maximum absolute atomic E-state index is 2.44. The zero-order chi connectivity index (χ0) is 8.43. The number of hydrogen-bond donors (Lipinski definition) is 0. The molecule has 0 saturated heterocycles. The number of rotatable bonds is 2. The van der Waals surface area contributed by atoms with Crippen LogP contribution < -0.4 is 24.8 Å². The van der Waals surface area contributed by atoms with E-state index in [1.165, 1.54) is 12.0 Å². The molecular formula is C10H15Cl2Zr. The Bertz CT molecular complexity index is 207. The van der Waals surface area contributed by atoms with Crippen molar-refractivity contribution < 1.29 is 49.5 Å². The Hall–Kier alpha value is 0.943. The summed E-state index contributed by atoms with van der Waals surface area (Å²) in [5.74, 6) is 1.53. The normalized spacial score (nSPS) is 20.3. The van der Waals surface area contributed by atoms with Crippen molar-refractivity contribution >= 4 is 0 Å². The molecule has 0 N–H and O–H groups in total. The minimum Gasteiger partial charge on any atom is -1.00 e. The van der Waals surface area contributed by atoms with Gasteiger partial charge < -0.3 is 24.8 Å². The van der Waals surface area contributed by atoms with Crippen LogP contribution in [-0.4, -0.2) is 0 Å². The minimum absolute atomic E-state index is 0. The van der Waals surface area contributed by atoms with E-state index >= 15 is 0 Å². The molecule has 0 radical (unpaired) electrons. The molecule has 73 valence electrons. The number of hydrogen-bond acceptors (Lipinski definition) is 0. The van der Waals surface area contributed by atoms with E-state index in [4.69, 9.17) is 0 Å². The third-order valence-corrected chi connectivity index (χ3v) is 3.39. The first-order chi connectivity index (χ1) is 5.15. The van der Waals surface area contributed by atoms with Crippen molar-refractivity contribution in [3.8, 4) is 0 Å². The summed E-state index contributed by atoms with van der Waals surface area (Å²) in [4.78, 5) is 0. The maximum Gasteiger partial charge on any atom is -1.00 e. The molecule has 0 aliphatic heterocycles. The number of allylic oxidation sites excluding steroid dienone is 4. The summed E-state index contributed by atoms with van der Waals surface area (Å²) in [6, 6.07) is 0. The Balaban J connectivity index is 0. The van der Waals surface area contributed by atoms with E-state index in [1.54, 1.807) is 28.0 Å². The fourth-order valence-electron chi connectivity index (χ4n) is 1.44. The molecule has 0 aromatic carbocycles. The van der Waals surface area contributed by atoms with Gasteiger partial charge in [0.1, 0.15) is 0 Å². The summed E-state index contributed by atoms with van der Waals surface area (Å²) in [6.07, 6.45) is 6.01. The van der Waals surface area contributed by atoms with Crippen LogP contribution in [0.5, 0.6) is 0 Å². The van der Waals surface area contributed by atoms with Gasteiger partial charge in [-0.1, -0.05) is 0 Å². The Kier molecular flexibility index (Phi) is 9.15. The average molecular weight is 297 g/mol. The Morgan fingerprint density at radius 3 is 2.15 bits per heavy atom. The molecule has 0 aromatic rings. The molecule has 0 aromatic heterocycles. The van der Waals surface area contributed by atoms with E-state index in [2.05, 4.69) is 32.9 Å². The predicted molar refractivity (Wildman–Crippen MR) is 44.8 cm³/mol. The molecule has 1 unspecified atom stereocenters. The van der Waals surface area contributed by atoms with E-state index in [9.17, 15) is 0 Å². The molecule has 0 fully saturated rings. The molecule has 3 heteroatoms. The van der Waals surface area contributed by atoms with Crippen molar-refractivity contribution in [3.63, 3.8) is 0 Å². The molecule has 13 heavy (non-hydrogen) atoms. The maximum atomic E-state index is 2.44. The molecule has 0 saturated carbocycles. The van der Waals surface area contributed by atoms with Crippen molar-refractivity contribution in [1.29, 1.82) is 0 Å². The van der Waals surface area contributed by atoms with Gasteiger partial charge in [-0.2, -0.15) is 0 Å². The fraction of sp³-hybridized carbons (Fsp3) is 0.600. The van der Waals surface area contributed by atoms with Gasteiger partial charge in [0, 0.05) is 0 Å². The van der Waals surface area contributed by atoms with Crippen LogP contribution in [0.3, 0.4) is 0 Å². The zero-order valence-electron chi connectivity index (χ0n) is 8.27. The van der Waals surface area contributed by atoms with Crippen LogP contribution in [0.15, 0.2) is 21.0 Å². The molecule has 1 aliphatic rings. The van der Waals surface area contributed by atoms with Gasteiger partial charge in [0.15, 0.2) is 0 Å². The van der Waals surface area contributed by atoms with E-state index in [1.807, 2.05) is 0 Å². The van der Waals surface area contributed by atoms with Gasteiger partial charge >= 0.3 is 84.8 Å². The van der Waals surface area contributed by atoms with Crippen LogP contribution in [0.4, 0.5) is 0 Å². The summed E-state index contributed by atoms with van der Waals surface area (Å²) in [6.45, 7) is 6.84. The van der Waals surface area contributed by atoms with E-state index in [0.717, 1.165) is 11.8 Å². The van der Waals surface area contributed by atoms with Crippen molar-refractivity contribution in [3.05, 3.63) is 21.0 Å². The Morgan fingerprint density at radius 2 is 1.92 bits per heavy atom. The van der Waals surface area contributed by atoms with Crippen LogP contribution in [0.1, 0.15) is 27.2 Å². The first-order valence-electron chi connectivity index (χ1n) is 4.29. The minimum atomic E-state index is 0. The molecule has 0 bridgehead atoms. The molecule has 1 aliphatic carbocycles. The van der Waals surface area contributed by atoms with Gasteiger partial charge in [0.05, 0.1) is 0 Å². The SMILES string of the molecule is CCC1=CC(C(C)C)[C]([Zr+2])=C1.[Cl-].[Cl-]. The van der Waals surface area contributed by atoms with Crippen molar-refractivity contribution in [2.75, 3.05) is 0 Å². The van der Waals surface area contributed by atoms with E-state index in [-0.39, 0.29) is 24.8 Å². The van der Waals surface area contributed by atoms with E-state index in [0.29, 0.717) is 0 Å². The van der Waals surface area contributed by atoms with Crippen LogP contribution in [-0.2, 0) is 24.7 Å². The van der Waals surface area contributed by atoms with Crippen molar-refractivity contribution in [1.82, 2.24) is 0 Å². The number of halogens is 2. The zero-order valence-corrected chi connectivity index (χ0v) is 12.2. The predicted octanol–water partition coefficient (Wildman–Crippen LogP) is -2.95. The molecule has 0 spiro atoms. The van der Waals surface area contributed by atoms with Crippen molar-refractivity contribution in [2.45, 2.75) is 27.2 Å². The van der Waals surface area contributed by atoms with E-state index < -0.39 is 0 Å². The average Bonchev–Trinajstić information content (AvgIpc) is 2.30. The van der Waals surface area contributed by atoms with Gasteiger partial charge in [0.2, 0.25) is 0 Å². The Labute approximate surface area is 109 Å². The third kappa shape index (κ3) is 4.32. The first-order valence-corrected chi connectivity index (χ1v) is 5.52. The molecule has 1 atom stereocenters. The van der Waals surface area contributed by atoms with Gasteiger partial charge in [0.25, 0.3) is 0 Å². The van der Waals surface area contributed by atoms with Crippen molar-refractivity contribution in [2.24, 2.45) is 11.8 Å². The molecule has 0 nitrogen and oxygen atoms in total. The van der Waals surface area contributed by atoms with Crippen LogP contribution in [0.25, 0.3) is 0 Å². The van der Waals surface area contributed by atoms with Gasteiger partial charge in [-0.3, -0.25) is 0 Å². The largest absolute Gasteiger partial charge is 1.00 e. The summed E-state index contributed by atoms with van der Waals surface area (Å²) in [5.41, 5.74) is 1.54. The van der Waals surface area contributed by atoms with Crippen LogP contribution >= 0.6 is 0 Å². The topological polar surface area (TPSA) is 0 Å². The summed E-state index contributed by atoms with van der Waals surface area (Å²) in [5, 5.41) is 0. The summed E-state index contributed by atoms with van der Waals surface area (Å²) in [7, 11) is 0. The summed E-state index contributed by atoms with van der Waals surface area (Å²) >= 11 is 1.59. The molecule has 0 heterocycles. The quantitative estimate of drug-likeness (QED) is 0.511. The van der Waals surface area contributed by atoms with Gasteiger partial charge in [-0.15, -0.1) is 0 Å². The molecule has 1 rings (SSSR count). The first kappa shape index (κ1) is 16.4. The van der Waals surface area contributed by atoms with Gasteiger partial charge in [-0.25, -0.2) is 0 Å². The molecule has 0 amide bonds. The third-order valence-electron chi connectivity index (χ3n) is 2.22.